The van der Waals surface area contributed by atoms with Crippen LogP contribution in [-0.4, -0.2) is 33.5 Å². The summed E-state index contributed by atoms with van der Waals surface area (Å²) in [7, 11) is 0. The molecule has 1 amide bonds. The van der Waals surface area contributed by atoms with Crippen LogP contribution >= 0.6 is 22.6 Å². The van der Waals surface area contributed by atoms with E-state index in [1.54, 1.807) is 0 Å². The molecule has 1 saturated carbocycles. The molecule has 1 aromatic carbocycles. The molecule has 1 N–H and O–H groups in total. The van der Waals surface area contributed by atoms with Crippen molar-refractivity contribution in [3.05, 3.63) is 31.4 Å². The second-order valence-corrected chi connectivity index (χ2v) is 12.1. The number of amides is 1. The lowest BCUT2D eigenvalue weighted by Crippen LogP contribution is -2.47. The van der Waals surface area contributed by atoms with Crippen molar-refractivity contribution in [2.75, 3.05) is 0 Å². The van der Waals surface area contributed by atoms with Gasteiger partial charge in [0, 0.05) is 21.7 Å². The molecule has 0 bridgehead atoms. The van der Waals surface area contributed by atoms with Crippen molar-refractivity contribution in [1.82, 2.24) is 4.90 Å². The second-order valence-electron chi connectivity index (χ2n) is 11.0. The molecule has 1 fully saturated rings. The van der Waals surface area contributed by atoms with Crippen molar-refractivity contribution in [2.24, 2.45) is 5.41 Å². The molecular weight excluding hydrogens is 505 g/mol. The molecule has 0 radical (unpaired) electrons. The van der Waals surface area contributed by atoms with Crippen LogP contribution < -0.4 is 0 Å². The van der Waals surface area contributed by atoms with Gasteiger partial charge in [-0.1, -0.05) is 20.3 Å². The van der Waals surface area contributed by atoms with Gasteiger partial charge in [-0.2, -0.15) is 0 Å². The molecule has 1 unspecified atom stereocenters. The van der Waals surface area contributed by atoms with Crippen molar-refractivity contribution < 1.29 is 19.4 Å². The Labute approximate surface area is 200 Å². The van der Waals surface area contributed by atoms with Crippen molar-refractivity contribution >= 4 is 34.5 Å². The fraction of sp³-hybridized carbons (Fsp3) is 0.680. The number of hydrogen-bond acceptors (Lipinski definition) is 3. The number of nitrogens with zero attached hydrogens (tertiary/aromatic N) is 1. The first kappa shape index (κ1) is 24.5. The van der Waals surface area contributed by atoms with Crippen LogP contribution in [0.25, 0.3) is 0 Å². The maximum Gasteiger partial charge on any atom is 0.337 e. The number of carbonyl (C=O) groups is 2. The van der Waals surface area contributed by atoms with Crippen LogP contribution in [-0.2, 0) is 27.3 Å². The second kappa shape index (κ2) is 8.65. The van der Waals surface area contributed by atoms with Crippen molar-refractivity contribution in [1.29, 1.82) is 0 Å². The number of ether oxygens (including phenoxy) is 1. The summed E-state index contributed by atoms with van der Waals surface area (Å²) in [5.41, 5.74) is 4.51. The topological polar surface area (TPSA) is 66.8 Å². The molecule has 31 heavy (non-hydrogen) atoms. The van der Waals surface area contributed by atoms with Gasteiger partial charge in [-0.25, -0.2) is 4.79 Å². The lowest BCUT2D eigenvalue weighted by atomic mass is 9.74. The molecule has 0 spiro atoms. The number of carboxylic acids is 1. The van der Waals surface area contributed by atoms with Gasteiger partial charge in [0.1, 0.15) is 0 Å². The molecule has 1 heterocycles. The molecule has 5 nitrogen and oxygen atoms in total. The third-order valence-electron chi connectivity index (χ3n) is 6.79. The Hall–Kier alpha value is -1.15. The molecule has 3 rings (SSSR count). The van der Waals surface area contributed by atoms with Gasteiger partial charge in [-0.3, -0.25) is 4.79 Å². The Morgan fingerprint density at radius 2 is 1.87 bits per heavy atom. The predicted octanol–water partition coefficient (Wildman–Crippen LogP) is 5.70. The summed E-state index contributed by atoms with van der Waals surface area (Å²) in [6, 6.07) is 0.289. The van der Waals surface area contributed by atoms with Crippen LogP contribution in [0, 0.1) is 22.8 Å². The number of carboxylic acid groups (broad SMARTS) is 1. The van der Waals surface area contributed by atoms with E-state index in [9.17, 15) is 14.7 Å². The first-order chi connectivity index (χ1) is 14.2. The number of fused-ring (bicyclic) bond motifs is 1. The molecule has 1 aliphatic heterocycles. The summed E-state index contributed by atoms with van der Waals surface area (Å²) in [6.45, 7) is 14.8. The largest absolute Gasteiger partial charge is 0.479 e. The number of hydrogen-bond donors (Lipinski definition) is 1. The Kier molecular flexibility index (Phi) is 6.84. The maximum atomic E-state index is 13.2. The first-order valence-electron chi connectivity index (χ1n) is 11.2. The summed E-state index contributed by atoms with van der Waals surface area (Å²) in [5.74, 6) is -0.836. The molecule has 2 aliphatic rings. The average Bonchev–Trinajstić information content (AvgIpc) is 2.63. The highest BCUT2D eigenvalue weighted by molar-refractivity contribution is 14.1. The van der Waals surface area contributed by atoms with E-state index in [1.165, 1.54) is 12.0 Å². The highest BCUT2D eigenvalue weighted by Crippen LogP contribution is 2.42. The monoisotopic (exact) mass is 541 g/mol. The van der Waals surface area contributed by atoms with E-state index < -0.39 is 17.7 Å². The Morgan fingerprint density at radius 1 is 1.23 bits per heavy atom. The molecule has 2 atom stereocenters. The Bertz CT molecular complexity index is 900. The fourth-order valence-corrected chi connectivity index (χ4v) is 6.25. The van der Waals surface area contributed by atoms with Crippen LogP contribution in [0.5, 0.6) is 0 Å². The molecule has 0 aromatic heterocycles. The van der Waals surface area contributed by atoms with E-state index >= 15 is 0 Å². The van der Waals surface area contributed by atoms with Crippen molar-refractivity contribution in [3.63, 3.8) is 0 Å². The number of halogens is 1. The predicted molar refractivity (Wildman–Crippen MR) is 130 cm³/mol. The molecule has 0 saturated heterocycles. The zero-order chi connectivity index (χ0) is 23.3. The smallest absolute Gasteiger partial charge is 0.337 e. The van der Waals surface area contributed by atoms with Gasteiger partial charge in [0.2, 0.25) is 5.91 Å². The van der Waals surface area contributed by atoms with E-state index in [2.05, 4.69) is 48.3 Å². The molecular formula is C25H36INO4. The van der Waals surface area contributed by atoms with E-state index in [0.29, 0.717) is 18.5 Å². The minimum absolute atomic E-state index is 0.161. The van der Waals surface area contributed by atoms with Crippen LogP contribution in [0.2, 0.25) is 0 Å². The standard InChI is InChI=1S/C25H36INO4/c1-14-17-11-19(28)27(16-9-8-10-25(6,7)12-16)13-18(17)15(2)21(26)20(14)22(23(29)30)31-24(3,4)5/h16,22H,8-13H2,1-7H3,(H,29,30)/t16?,22-/m0/s1. The minimum atomic E-state index is -1.05. The molecule has 6 heteroatoms. The summed E-state index contributed by atoms with van der Waals surface area (Å²) in [6.07, 6.45) is 3.77. The van der Waals surface area contributed by atoms with E-state index in [1.807, 2.05) is 27.7 Å². The third kappa shape index (κ3) is 5.10. The average molecular weight is 541 g/mol. The number of carbonyl (C=O) groups excluding carboxylic acids is 1. The fourth-order valence-electron chi connectivity index (χ4n) is 5.23. The van der Waals surface area contributed by atoms with E-state index in [-0.39, 0.29) is 17.4 Å². The van der Waals surface area contributed by atoms with Gasteiger partial charge < -0.3 is 14.7 Å². The van der Waals surface area contributed by atoms with E-state index in [4.69, 9.17) is 4.74 Å². The number of aliphatic carboxylic acids is 1. The van der Waals surface area contributed by atoms with Crippen LogP contribution in [0.15, 0.2) is 0 Å². The van der Waals surface area contributed by atoms with Crippen LogP contribution in [0.4, 0.5) is 0 Å². The van der Waals surface area contributed by atoms with Crippen molar-refractivity contribution in [3.8, 4) is 0 Å². The van der Waals surface area contributed by atoms with Gasteiger partial charge in [0.25, 0.3) is 0 Å². The summed E-state index contributed by atoms with van der Waals surface area (Å²) in [5, 5.41) is 9.94. The first-order valence-corrected chi connectivity index (χ1v) is 12.3. The van der Waals surface area contributed by atoms with Crippen LogP contribution in [0.1, 0.15) is 94.2 Å². The zero-order valence-electron chi connectivity index (χ0n) is 19.9. The highest BCUT2D eigenvalue weighted by atomic mass is 127. The summed E-state index contributed by atoms with van der Waals surface area (Å²) in [4.78, 5) is 27.5. The van der Waals surface area contributed by atoms with Gasteiger partial charge in [0.15, 0.2) is 6.10 Å². The lowest BCUT2D eigenvalue weighted by molar-refractivity contribution is -0.160. The Balaban J connectivity index is 2.03. The minimum Gasteiger partial charge on any atom is -0.479 e. The lowest BCUT2D eigenvalue weighted by Gasteiger charge is -2.44. The third-order valence-corrected chi connectivity index (χ3v) is 8.18. The highest BCUT2D eigenvalue weighted by Gasteiger charge is 2.39. The summed E-state index contributed by atoms with van der Waals surface area (Å²) >= 11 is 2.26. The van der Waals surface area contributed by atoms with Crippen LogP contribution in [0.3, 0.4) is 0 Å². The van der Waals surface area contributed by atoms with Crippen molar-refractivity contribution in [2.45, 2.75) is 105 Å². The van der Waals surface area contributed by atoms with Gasteiger partial charge >= 0.3 is 5.97 Å². The number of benzene rings is 1. The van der Waals surface area contributed by atoms with Gasteiger partial charge in [0.05, 0.1) is 12.0 Å². The SMILES string of the molecule is Cc1c(I)c([C@H](OC(C)(C)C)C(=O)O)c(C)c2c1CN(C1CCCC(C)(C)C1)C(=O)C2. The maximum absolute atomic E-state index is 13.2. The Morgan fingerprint density at radius 3 is 2.42 bits per heavy atom. The molecule has 172 valence electrons. The van der Waals surface area contributed by atoms with Gasteiger partial charge in [-0.15, -0.1) is 0 Å². The van der Waals surface area contributed by atoms with Gasteiger partial charge in [-0.05, 0) is 104 Å². The normalized spacial score (nSPS) is 22.3. The van der Waals surface area contributed by atoms with E-state index in [0.717, 1.165) is 39.5 Å². The summed E-state index contributed by atoms with van der Waals surface area (Å²) < 4.78 is 6.89. The zero-order valence-corrected chi connectivity index (χ0v) is 22.1. The molecule has 1 aliphatic carbocycles. The number of rotatable bonds is 4. The molecule has 1 aromatic rings. The quantitative estimate of drug-likeness (QED) is 0.497.